The van der Waals surface area contributed by atoms with Crippen LogP contribution in [0.15, 0.2) is 65.6 Å². The molecule has 2 saturated heterocycles. The van der Waals surface area contributed by atoms with Crippen LogP contribution in [0.3, 0.4) is 0 Å². The molecule has 0 saturated carbocycles. The molecule has 1 unspecified atom stereocenters. The van der Waals surface area contributed by atoms with E-state index in [2.05, 4.69) is 11.8 Å². The monoisotopic (exact) mass is 516 g/mol. The van der Waals surface area contributed by atoms with Crippen LogP contribution in [0, 0.1) is 23.5 Å². The highest BCUT2D eigenvalue weighted by molar-refractivity contribution is 6.20. The quantitative estimate of drug-likeness (QED) is 0.491. The number of aromatic nitrogens is 1. The molecule has 0 bridgehead atoms. The highest BCUT2D eigenvalue weighted by Crippen LogP contribution is 2.38. The molecule has 2 aliphatic heterocycles. The average Bonchev–Trinajstić information content (AvgIpc) is 2.88. The lowest BCUT2D eigenvalue weighted by molar-refractivity contribution is -0.137. The highest BCUT2D eigenvalue weighted by atomic mass is 19.1. The fraction of sp³-hybridized carbons (Fsp3) is 0.214. The number of pyridine rings is 1. The molecular weight excluding hydrogens is 494 g/mol. The predicted molar refractivity (Wildman–Crippen MR) is 135 cm³/mol. The summed E-state index contributed by atoms with van der Waals surface area (Å²) in [6, 6.07) is 12.6. The van der Waals surface area contributed by atoms with Gasteiger partial charge in [-0.1, -0.05) is 30.0 Å². The van der Waals surface area contributed by atoms with Gasteiger partial charge in [-0.3, -0.25) is 14.4 Å². The third kappa shape index (κ3) is 4.12. The van der Waals surface area contributed by atoms with Crippen LogP contribution in [0.1, 0.15) is 24.5 Å². The van der Waals surface area contributed by atoms with E-state index in [-0.39, 0.29) is 24.2 Å². The maximum atomic E-state index is 15.1. The lowest BCUT2D eigenvalue weighted by atomic mass is 9.88. The maximum Gasteiger partial charge on any atom is 0.332 e. The highest BCUT2D eigenvalue weighted by Gasteiger charge is 2.56. The summed E-state index contributed by atoms with van der Waals surface area (Å²) >= 11 is 0. The number of benzene rings is 2. The number of piperazine rings is 1. The lowest BCUT2D eigenvalue weighted by Gasteiger charge is -2.51. The zero-order valence-corrected chi connectivity index (χ0v) is 20.6. The topological polar surface area (TPSA) is 82.9 Å². The molecule has 8 nitrogen and oxygen atoms in total. The van der Waals surface area contributed by atoms with Crippen molar-refractivity contribution in [2.75, 3.05) is 22.9 Å². The number of nitrogens with zero attached hydrogens (tertiary/aromatic N) is 4. The van der Waals surface area contributed by atoms with Crippen LogP contribution >= 0.6 is 0 Å². The molecule has 5 rings (SSSR count). The van der Waals surface area contributed by atoms with E-state index in [0.29, 0.717) is 16.2 Å². The van der Waals surface area contributed by atoms with E-state index < -0.39 is 47.1 Å². The Morgan fingerprint density at radius 3 is 2.18 bits per heavy atom. The maximum absolute atomic E-state index is 15.1. The second kappa shape index (κ2) is 9.27. The molecule has 0 N–H and O–H groups in total. The number of hydrogen-bond acceptors (Lipinski definition) is 4. The summed E-state index contributed by atoms with van der Waals surface area (Å²) in [5, 5.41) is 0. The minimum atomic E-state index is -1.56. The Morgan fingerprint density at radius 2 is 1.53 bits per heavy atom. The molecule has 0 aliphatic carbocycles. The van der Waals surface area contributed by atoms with E-state index in [1.54, 1.807) is 31.3 Å². The van der Waals surface area contributed by atoms with Crippen molar-refractivity contribution >= 4 is 29.2 Å². The normalized spacial score (nSPS) is 19.3. The standard InChI is InChI=1S/C28H22F2N4O4/c1-28-16-24(36)34(25-21(29)14-19(15-22(25)30)9-8-18-6-4-3-5-7-18)27(38)33(28)13-12-32(26(28)37)20-10-11-23(35)31(2)17-20/h3-7,10-11,14-15,17H,12-13,16H2,1-2H3. The number of halogens is 2. The number of urea groups is 1. The molecule has 1 aromatic heterocycles. The zero-order valence-electron chi connectivity index (χ0n) is 20.6. The summed E-state index contributed by atoms with van der Waals surface area (Å²) < 4.78 is 31.6. The summed E-state index contributed by atoms with van der Waals surface area (Å²) in [6.45, 7) is 1.53. The minimum absolute atomic E-state index is 0.0115. The average molecular weight is 517 g/mol. The second-order valence-corrected chi connectivity index (χ2v) is 9.31. The number of rotatable bonds is 2. The molecular formula is C28H22F2N4O4. The van der Waals surface area contributed by atoms with Crippen molar-refractivity contribution in [2.45, 2.75) is 18.9 Å². The fourth-order valence-electron chi connectivity index (χ4n) is 4.76. The van der Waals surface area contributed by atoms with Gasteiger partial charge in [0.15, 0.2) is 11.6 Å². The van der Waals surface area contributed by atoms with Crippen LogP contribution in [-0.4, -0.2) is 45.9 Å². The number of amides is 4. The Morgan fingerprint density at radius 1 is 0.868 bits per heavy atom. The van der Waals surface area contributed by atoms with Crippen molar-refractivity contribution in [3.63, 3.8) is 0 Å². The molecule has 0 radical (unpaired) electrons. The molecule has 0 spiro atoms. The summed E-state index contributed by atoms with van der Waals surface area (Å²) in [4.78, 5) is 54.8. The van der Waals surface area contributed by atoms with Crippen molar-refractivity contribution < 1.29 is 23.2 Å². The Bertz CT molecular complexity index is 1590. The molecule has 3 aromatic rings. The Labute approximate surface area is 216 Å². The van der Waals surface area contributed by atoms with Gasteiger partial charge in [0.1, 0.15) is 11.2 Å². The molecule has 2 fully saturated rings. The third-order valence-corrected chi connectivity index (χ3v) is 6.76. The second-order valence-electron chi connectivity index (χ2n) is 9.31. The number of carbonyl (C=O) groups excluding carboxylic acids is 3. The van der Waals surface area contributed by atoms with Gasteiger partial charge in [-0.25, -0.2) is 18.5 Å². The van der Waals surface area contributed by atoms with E-state index in [1.165, 1.54) is 34.7 Å². The van der Waals surface area contributed by atoms with Gasteiger partial charge in [-0.2, -0.15) is 0 Å². The van der Waals surface area contributed by atoms with E-state index in [9.17, 15) is 19.2 Å². The molecule has 192 valence electrons. The summed E-state index contributed by atoms with van der Waals surface area (Å²) in [7, 11) is 1.54. The molecule has 4 amide bonds. The number of carbonyl (C=O) groups is 3. The van der Waals surface area contributed by atoms with Gasteiger partial charge in [0.05, 0.1) is 12.1 Å². The third-order valence-electron chi connectivity index (χ3n) is 6.76. The van der Waals surface area contributed by atoms with Gasteiger partial charge in [-0.15, -0.1) is 0 Å². The predicted octanol–water partition coefficient (Wildman–Crippen LogP) is 3.03. The molecule has 1 atom stereocenters. The summed E-state index contributed by atoms with van der Waals surface area (Å²) in [5.74, 6) is 1.80. The molecule has 2 aliphatic rings. The first-order valence-electron chi connectivity index (χ1n) is 11.8. The first kappa shape index (κ1) is 24.9. The van der Waals surface area contributed by atoms with Gasteiger partial charge in [0, 0.05) is 43.5 Å². The zero-order chi connectivity index (χ0) is 27.2. The summed E-state index contributed by atoms with van der Waals surface area (Å²) in [5.41, 5.74) is -1.50. The fourth-order valence-corrected chi connectivity index (χ4v) is 4.76. The van der Waals surface area contributed by atoms with Crippen LogP contribution in [0.25, 0.3) is 0 Å². The SMILES string of the molecule is Cn1cc(N2CCN3C(=O)N(c4c(F)cc(C#Cc5ccccc5)cc4F)C(=O)CC3(C)C2=O)ccc1=O. The summed E-state index contributed by atoms with van der Waals surface area (Å²) in [6.07, 6.45) is 1.01. The van der Waals surface area contributed by atoms with Crippen molar-refractivity contribution in [1.82, 2.24) is 9.47 Å². The smallest absolute Gasteiger partial charge is 0.317 e. The number of aryl methyl sites for hydroxylation is 1. The Hall–Kier alpha value is -4.78. The molecule has 10 heteroatoms. The van der Waals surface area contributed by atoms with Crippen LogP contribution < -0.4 is 15.4 Å². The van der Waals surface area contributed by atoms with Gasteiger partial charge in [-0.05, 0) is 37.3 Å². The van der Waals surface area contributed by atoms with Gasteiger partial charge in [0.25, 0.3) is 5.91 Å². The number of imide groups is 1. The van der Waals surface area contributed by atoms with Gasteiger partial charge < -0.3 is 14.4 Å². The van der Waals surface area contributed by atoms with Crippen LogP contribution in [-0.2, 0) is 16.6 Å². The minimum Gasteiger partial charge on any atom is -0.317 e. The van der Waals surface area contributed by atoms with Crippen molar-refractivity contribution in [2.24, 2.45) is 7.05 Å². The Balaban J connectivity index is 1.44. The largest absolute Gasteiger partial charge is 0.332 e. The van der Waals surface area contributed by atoms with Crippen molar-refractivity contribution in [3.8, 4) is 11.8 Å². The molecule has 3 heterocycles. The van der Waals surface area contributed by atoms with Crippen molar-refractivity contribution in [3.05, 3.63) is 93.9 Å². The van der Waals surface area contributed by atoms with E-state index in [4.69, 9.17) is 0 Å². The molecule has 38 heavy (non-hydrogen) atoms. The van der Waals surface area contributed by atoms with Crippen LogP contribution in [0.5, 0.6) is 0 Å². The van der Waals surface area contributed by atoms with Gasteiger partial charge >= 0.3 is 6.03 Å². The van der Waals surface area contributed by atoms with E-state index >= 15 is 8.78 Å². The first-order chi connectivity index (χ1) is 18.1. The van der Waals surface area contributed by atoms with Crippen molar-refractivity contribution in [1.29, 1.82) is 0 Å². The molecule has 2 aromatic carbocycles. The van der Waals surface area contributed by atoms with Gasteiger partial charge in [0.2, 0.25) is 11.5 Å². The Kier molecular flexibility index (Phi) is 6.07. The van der Waals surface area contributed by atoms with E-state index in [1.807, 2.05) is 6.07 Å². The van der Waals surface area contributed by atoms with Crippen LogP contribution in [0.4, 0.5) is 25.0 Å². The first-order valence-corrected chi connectivity index (χ1v) is 11.8. The number of fused-ring (bicyclic) bond motifs is 1. The van der Waals surface area contributed by atoms with E-state index in [0.717, 1.165) is 17.0 Å². The van der Waals surface area contributed by atoms with Crippen LogP contribution in [0.2, 0.25) is 0 Å². The lowest BCUT2D eigenvalue weighted by Crippen LogP contribution is -2.73. The number of hydrogen-bond donors (Lipinski definition) is 0. The number of anilines is 2.